The van der Waals surface area contributed by atoms with E-state index in [2.05, 4.69) is 45.8 Å². The largest absolute Gasteiger partial charge is 0.357 e. The van der Waals surface area contributed by atoms with Crippen LogP contribution in [0.2, 0.25) is 0 Å². The zero-order chi connectivity index (χ0) is 18.7. The Morgan fingerprint density at radius 2 is 1.54 bits per heavy atom. The van der Waals surface area contributed by atoms with Crippen LogP contribution in [0, 0.1) is 13.8 Å². The highest BCUT2D eigenvalue weighted by Crippen LogP contribution is 2.26. The van der Waals surface area contributed by atoms with Gasteiger partial charge in [-0.1, -0.05) is 12.1 Å². The second kappa shape index (κ2) is 7.64. The molecule has 0 amide bonds. The summed E-state index contributed by atoms with van der Waals surface area (Å²) < 4.78 is 5.55. The van der Waals surface area contributed by atoms with Crippen molar-refractivity contribution in [3.05, 3.63) is 41.3 Å². The highest BCUT2D eigenvalue weighted by Gasteiger charge is 2.15. The molecule has 0 atom stereocenters. The average Bonchev–Trinajstić information content (AvgIpc) is 3.12. The molecular formula is C20H25N5O. The lowest BCUT2D eigenvalue weighted by Crippen LogP contribution is -2.23. The van der Waals surface area contributed by atoms with Crippen molar-refractivity contribution in [1.29, 1.82) is 0 Å². The minimum atomic E-state index is 0.506. The summed E-state index contributed by atoms with van der Waals surface area (Å²) in [5.41, 5.74) is 4.72. The third-order valence-electron chi connectivity index (χ3n) is 4.33. The zero-order valence-electron chi connectivity index (χ0n) is 16.1. The van der Waals surface area contributed by atoms with E-state index in [4.69, 9.17) is 4.52 Å². The highest BCUT2D eigenvalue weighted by molar-refractivity contribution is 5.63. The Balaban J connectivity index is 1.99. The maximum atomic E-state index is 5.55. The van der Waals surface area contributed by atoms with E-state index in [9.17, 15) is 0 Å². The number of hydrogen-bond donors (Lipinski definition) is 0. The first-order valence-electron chi connectivity index (χ1n) is 9.09. The van der Waals surface area contributed by atoms with E-state index in [1.807, 2.05) is 38.1 Å². The minimum absolute atomic E-state index is 0.506. The predicted molar refractivity (Wildman–Crippen MR) is 103 cm³/mol. The van der Waals surface area contributed by atoms with Crippen LogP contribution in [0.5, 0.6) is 0 Å². The van der Waals surface area contributed by atoms with Crippen LogP contribution in [-0.4, -0.2) is 33.2 Å². The minimum Gasteiger partial charge on any atom is -0.357 e. The lowest BCUT2D eigenvalue weighted by atomic mass is 10.1. The molecule has 3 aromatic heterocycles. The van der Waals surface area contributed by atoms with Crippen molar-refractivity contribution in [2.24, 2.45) is 0 Å². The van der Waals surface area contributed by atoms with Gasteiger partial charge < -0.3 is 9.42 Å². The fourth-order valence-corrected chi connectivity index (χ4v) is 2.99. The maximum absolute atomic E-state index is 5.55. The van der Waals surface area contributed by atoms with Gasteiger partial charge in [0.05, 0.1) is 0 Å². The zero-order valence-corrected chi connectivity index (χ0v) is 16.1. The van der Waals surface area contributed by atoms with Gasteiger partial charge in [0.25, 0.3) is 5.89 Å². The second-order valence-electron chi connectivity index (χ2n) is 6.29. The molecule has 0 aromatic carbocycles. The summed E-state index contributed by atoms with van der Waals surface area (Å²) >= 11 is 0. The first kappa shape index (κ1) is 18.0. The highest BCUT2D eigenvalue weighted by atomic mass is 16.5. The van der Waals surface area contributed by atoms with E-state index in [1.165, 1.54) is 0 Å². The predicted octanol–water partition coefficient (Wildman–Crippen LogP) is 4.22. The van der Waals surface area contributed by atoms with E-state index >= 15 is 0 Å². The van der Waals surface area contributed by atoms with Crippen LogP contribution in [0.4, 0.5) is 5.82 Å². The van der Waals surface area contributed by atoms with Gasteiger partial charge in [-0.3, -0.25) is 4.98 Å². The molecular weight excluding hydrogens is 326 g/mol. The first-order chi connectivity index (χ1) is 12.5. The quantitative estimate of drug-likeness (QED) is 0.662. The summed E-state index contributed by atoms with van der Waals surface area (Å²) in [4.78, 5) is 15.9. The number of nitrogens with zero attached hydrogens (tertiary/aromatic N) is 5. The summed E-state index contributed by atoms with van der Waals surface area (Å²) in [5.74, 6) is 2.02. The molecule has 0 saturated carbocycles. The van der Waals surface area contributed by atoms with Gasteiger partial charge in [-0.2, -0.15) is 4.98 Å². The van der Waals surface area contributed by atoms with Gasteiger partial charge in [0.1, 0.15) is 5.82 Å². The van der Waals surface area contributed by atoms with Gasteiger partial charge in [-0.05, 0) is 58.4 Å². The molecule has 3 rings (SSSR count). The van der Waals surface area contributed by atoms with E-state index in [0.29, 0.717) is 11.7 Å². The first-order valence-corrected chi connectivity index (χ1v) is 9.09. The topological polar surface area (TPSA) is 67.9 Å². The molecule has 0 spiro atoms. The maximum Gasteiger partial charge on any atom is 0.258 e. The fourth-order valence-electron chi connectivity index (χ4n) is 2.99. The average molecular weight is 351 g/mol. The van der Waals surface area contributed by atoms with Crippen molar-refractivity contribution in [2.75, 3.05) is 18.0 Å². The number of rotatable bonds is 6. The molecule has 0 unspecified atom stereocenters. The number of anilines is 1. The van der Waals surface area contributed by atoms with Crippen molar-refractivity contribution in [3.8, 4) is 22.8 Å². The van der Waals surface area contributed by atoms with Crippen LogP contribution in [0.1, 0.15) is 37.9 Å². The van der Waals surface area contributed by atoms with Crippen molar-refractivity contribution in [3.63, 3.8) is 0 Å². The summed E-state index contributed by atoms with van der Waals surface area (Å²) in [7, 11) is 0. The second-order valence-corrected chi connectivity index (χ2v) is 6.29. The smallest absolute Gasteiger partial charge is 0.258 e. The Bertz CT molecular complexity index is 899. The van der Waals surface area contributed by atoms with Crippen LogP contribution in [0.15, 0.2) is 28.8 Å². The lowest BCUT2D eigenvalue weighted by Gasteiger charge is -2.20. The molecule has 6 heteroatoms. The molecule has 136 valence electrons. The van der Waals surface area contributed by atoms with Crippen LogP contribution >= 0.6 is 0 Å². The summed E-state index contributed by atoms with van der Waals surface area (Å²) in [5, 5.41) is 4.18. The summed E-state index contributed by atoms with van der Waals surface area (Å²) in [6.07, 6.45) is 0.871. The molecule has 0 fully saturated rings. The summed E-state index contributed by atoms with van der Waals surface area (Å²) in [6.45, 7) is 12.1. The van der Waals surface area contributed by atoms with Gasteiger partial charge in [0, 0.05) is 41.3 Å². The van der Waals surface area contributed by atoms with Gasteiger partial charge >= 0.3 is 0 Å². The molecule has 26 heavy (non-hydrogen) atoms. The van der Waals surface area contributed by atoms with Gasteiger partial charge in [0.2, 0.25) is 5.82 Å². The Hall–Kier alpha value is -2.76. The molecule has 0 radical (unpaired) electrons. The standard InChI is InChI=1S/C20H25N5O/c1-6-17-11-15(9-13(4)21-17)19-23-20(26-24-19)16-10-14(5)22-18(12-16)25(7-2)8-3/h9-12H,6-8H2,1-5H3. The molecule has 0 aliphatic rings. The molecule has 0 bridgehead atoms. The summed E-state index contributed by atoms with van der Waals surface area (Å²) in [6, 6.07) is 7.97. The number of pyridine rings is 2. The van der Waals surface area contributed by atoms with E-state index in [0.717, 1.165) is 53.5 Å². The number of hydrogen-bond acceptors (Lipinski definition) is 6. The Morgan fingerprint density at radius 1 is 0.846 bits per heavy atom. The third-order valence-corrected chi connectivity index (χ3v) is 4.33. The molecule has 3 aromatic rings. The molecule has 3 heterocycles. The third kappa shape index (κ3) is 3.74. The Morgan fingerprint density at radius 3 is 2.23 bits per heavy atom. The Labute approximate surface area is 154 Å². The van der Waals surface area contributed by atoms with Crippen LogP contribution in [0.25, 0.3) is 22.8 Å². The van der Waals surface area contributed by atoms with Crippen molar-refractivity contribution in [2.45, 2.75) is 41.0 Å². The van der Waals surface area contributed by atoms with Crippen LogP contribution in [-0.2, 0) is 6.42 Å². The van der Waals surface area contributed by atoms with Crippen molar-refractivity contribution < 1.29 is 4.52 Å². The number of aryl methyl sites for hydroxylation is 3. The van der Waals surface area contributed by atoms with Crippen molar-refractivity contribution >= 4 is 5.82 Å². The van der Waals surface area contributed by atoms with Crippen molar-refractivity contribution in [1.82, 2.24) is 20.1 Å². The van der Waals surface area contributed by atoms with Crippen LogP contribution < -0.4 is 4.90 Å². The lowest BCUT2D eigenvalue weighted by molar-refractivity contribution is 0.432. The number of aromatic nitrogens is 4. The molecule has 0 aliphatic heterocycles. The van der Waals surface area contributed by atoms with Gasteiger partial charge in [0.15, 0.2) is 0 Å². The van der Waals surface area contributed by atoms with Crippen LogP contribution in [0.3, 0.4) is 0 Å². The van der Waals surface area contributed by atoms with E-state index in [1.54, 1.807) is 0 Å². The normalized spacial score (nSPS) is 11.0. The van der Waals surface area contributed by atoms with Gasteiger partial charge in [-0.15, -0.1) is 0 Å². The molecule has 0 N–H and O–H groups in total. The fraction of sp³-hybridized carbons (Fsp3) is 0.400. The van der Waals surface area contributed by atoms with E-state index < -0.39 is 0 Å². The van der Waals surface area contributed by atoms with Gasteiger partial charge in [-0.25, -0.2) is 4.98 Å². The molecule has 0 aliphatic carbocycles. The van der Waals surface area contributed by atoms with E-state index in [-0.39, 0.29) is 0 Å². The Kier molecular flexibility index (Phi) is 5.30. The molecule has 0 saturated heterocycles. The molecule has 6 nitrogen and oxygen atoms in total. The SMILES string of the molecule is CCc1cc(-c2noc(-c3cc(C)nc(N(CC)CC)c3)n2)cc(C)n1. The monoisotopic (exact) mass is 351 g/mol.